The standard InChI is InChI=1S/C13H11ClN4O3S/c14-22(20,21)10-7-12(19)18(8-10)13-16-6-3-11(17-13)9-1-4-15-5-2-9/h1-6,10H,7-8H2. The van der Waals surface area contributed by atoms with Crippen LogP contribution in [0, 0.1) is 0 Å². The van der Waals surface area contributed by atoms with Crippen molar-refractivity contribution in [3.63, 3.8) is 0 Å². The van der Waals surface area contributed by atoms with Gasteiger partial charge in [0, 0.05) is 47.8 Å². The Labute approximate surface area is 131 Å². The van der Waals surface area contributed by atoms with Crippen LogP contribution >= 0.6 is 10.7 Å². The minimum Gasteiger partial charge on any atom is -0.279 e. The molecule has 1 atom stereocenters. The van der Waals surface area contributed by atoms with Crippen LogP contribution in [0.15, 0.2) is 36.8 Å². The molecule has 22 heavy (non-hydrogen) atoms. The molecule has 1 aliphatic heterocycles. The lowest BCUT2D eigenvalue weighted by molar-refractivity contribution is -0.117. The number of hydrogen-bond donors (Lipinski definition) is 0. The molecule has 0 aromatic carbocycles. The minimum atomic E-state index is -3.79. The Morgan fingerprint density at radius 3 is 2.55 bits per heavy atom. The van der Waals surface area contributed by atoms with Crippen LogP contribution in [0.1, 0.15) is 6.42 Å². The van der Waals surface area contributed by atoms with E-state index in [0.29, 0.717) is 5.69 Å². The summed E-state index contributed by atoms with van der Waals surface area (Å²) in [6.45, 7) is -0.0372. The molecule has 0 radical (unpaired) electrons. The van der Waals surface area contributed by atoms with E-state index in [1.807, 2.05) is 0 Å². The second-order valence-corrected chi connectivity index (χ2v) is 7.69. The highest BCUT2D eigenvalue weighted by molar-refractivity contribution is 8.14. The van der Waals surface area contributed by atoms with Crippen LogP contribution in [-0.4, -0.2) is 41.1 Å². The summed E-state index contributed by atoms with van der Waals surface area (Å²) in [5.74, 6) is -0.191. The topological polar surface area (TPSA) is 93.1 Å². The van der Waals surface area contributed by atoms with Gasteiger partial charge in [-0.1, -0.05) is 0 Å². The van der Waals surface area contributed by atoms with E-state index in [2.05, 4.69) is 15.0 Å². The van der Waals surface area contributed by atoms with Crippen molar-refractivity contribution in [2.75, 3.05) is 11.4 Å². The molecule has 1 amide bonds. The van der Waals surface area contributed by atoms with Gasteiger partial charge < -0.3 is 0 Å². The smallest absolute Gasteiger partial charge is 0.237 e. The molecule has 1 saturated heterocycles. The maximum atomic E-state index is 12.0. The third-order valence-corrected chi connectivity index (χ3v) is 5.22. The number of aromatic nitrogens is 3. The maximum absolute atomic E-state index is 12.0. The Hall–Kier alpha value is -2.06. The van der Waals surface area contributed by atoms with Crippen LogP contribution < -0.4 is 4.90 Å². The second-order valence-electron chi connectivity index (χ2n) is 4.78. The summed E-state index contributed by atoms with van der Waals surface area (Å²) in [6, 6.07) is 5.27. The van der Waals surface area contributed by atoms with Gasteiger partial charge in [0.2, 0.25) is 20.9 Å². The van der Waals surface area contributed by atoms with Gasteiger partial charge in [-0.15, -0.1) is 0 Å². The number of anilines is 1. The second kappa shape index (κ2) is 5.62. The van der Waals surface area contributed by atoms with Gasteiger partial charge in [0.15, 0.2) is 0 Å². The average Bonchev–Trinajstić information content (AvgIpc) is 2.90. The number of hydrogen-bond acceptors (Lipinski definition) is 6. The molecule has 1 aliphatic rings. The molecular formula is C13H11ClN4O3S. The summed E-state index contributed by atoms with van der Waals surface area (Å²) in [5.41, 5.74) is 1.45. The lowest BCUT2D eigenvalue weighted by Gasteiger charge is -2.14. The molecule has 114 valence electrons. The first-order valence-corrected chi connectivity index (χ1v) is 8.79. The molecule has 7 nitrogen and oxygen atoms in total. The van der Waals surface area contributed by atoms with Crippen molar-refractivity contribution in [3.05, 3.63) is 36.8 Å². The first-order chi connectivity index (χ1) is 10.4. The first kappa shape index (κ1) is 14.9. The van der Waals surface area contributed by atoms with Gasteiger partial charge in [0.1, 0.15) is 5.25 Å². The normalized spacial score (nSPS) is 18.7. The highest BCUT2D eigenvalue weighted by Gasteiger charge is 2.39. The minimum absolute atomic E-state index is 0.0372. The Morgan fingerprint density at radius 1 is 1.18 bits per heavy atom. The van der Waals surface area contributed by atoms with Gasteiger partial charge >= 0.3 is 0 Å². The number of rotatable bonds is 3. The molecule has 9 heteroatoms. The summed E-state index contributed by atoms with van der Waals surface area (Å²) in [5, 5.41) is -0.935. The van der Waals surface area contributed by atoms with E-state index in [1.165, 1.54) is 11.1 Å². The summed E-state index contributed by atoms with van der Waals surface area (Å²) in [6.07, 6.45) is 4.63. The molecule has 3 rings (SSSR count). The maximum Gasteiger partial charge on any atom is 0.237 e. The van der Waals surface area contributed by atoms with Crippen LogP contribution in [0.25, 0.3) is 11.3 Å². The highest BCUT2D eigenvalue weighted by atomic mass is 35.7. The van der Waals surface area contributed by atoms with Crippen molar-refractivity contribution in [3.8, 4) is 11.3 Å². The Balaban J connectivity index is 1.92. The molecule has 0 aliphatic carbocycles. The molecule has 2 aromatic heterocycles. The molecule has 1 unspecified atom stereocenters. The van der Waals surface area contributed by atoms with Crippen LogP contribution in [0.5, 0.6) is 0 Å². The molecule has 3 heterocycles. The molecule has 0 spiro atoms. The fourth-order valence-corrected chi connectivity index (χ4v) is 3.25. The highest BCUT2D eigenvalue weighted by Crippen LogP contribution is 2.25. The third-order valence-electron chi connectivity index (χ3n) is 3.35. The number of nitrogens with zero attached hydrogens (tertiary/aromatic N) is 4. The van der Waals surface area contributed by atoms with Gasteiger partial charge in [0.25, 0.3) is 0 Å². The Kier molecular flexibility index (Phi) is 3.79. The van der Waals surface area contributed by atoms with Gasteiger partial charge in [-0.3, -0.25) is 14.7 Å². The number of amides is 1. The van der Waals surface area contributed by atoms with Crippen molar-refractivity contribution in [2.24, 2.45) is 0 Å². The molecule has 0 N–H and O–H groups in total. The summed E-state index contributed by atoms with van der Waals surface area (Å²) < 4.78 is 22.8. The zero-order valence-corrected chi connectivity index (χ0v) is 12.8. The Bertz CT molecular complexity index is 813. The molecule has 1 fully saturated rings. The average molecular weight is 339 g/mol. The quantitative estimate of drug-likeness (QED) is 0.781. The van der Waals surface area contributed by atoms with Crippen LogP contribution in [-0.2, 0) is 13.8 Å². The first-order valence-electron chi connectivity index (χ1n) is 6.42. The Morgan fingerprint density at radius 2 is 1.91 bits per heavy atom. The van der Waals surface area contributed by atoms with Crippen molar-refractivity contribution < 1.29 is 13.2 Å². The monoisotopic (exact) mass is 338 g/mol. The number of carbonyl (C=O) groups excluding carboxylic acids is 1. The van der Waals surface area contributed by atoms with Crippen molar-refractivity contribution >= 4 is 31.6 Å². The van der Waals surface area contributed by atoms with E-state index in [0.717, 1.165) is 5.56 Å². The van der Waals surface area contributed by atoms with E-state index in [9.17, 15) is 13.2 Å². The number of halogens is 1. The van der Waals surface area contributed by atoms with E-state index in [1.54, 1.807) is 30.6 Å². The SMILES string of the molecule is O=C1CC(S(=O)(=O)Cl)CN1c1nccc(-c2ccncc2)n1. The lowest BCUT2D eigenvalue weighted by atomic mass is 10.2. The third kappa shape index (κ3) is 2.93. The van der Waals surface area contributed by atoms with Gasteiger partial charge in [0.05, 0.1) is 5.69 Å². The number of pyridine rings is 1. The summed E-state index contributed by atoms with van der Waals surface area (Å²) >= 11 is 0. The van der Waals surface area contributed by atoms with Gasteiger partial charge in [-0.2, -0.15) is 0 Å². The largest absolute Gasteiger partial charge is 0.279 e. The van der Waals surface area contributed by atoms with Crippen LogP contribution in [0.3, 0.4) is 0 Å². The molecular weight excluding hydrogens is 328 g/mol. The zero-order valence-electron chi connectivity index (χ0n) is 11.3. The van der Waals surface area contributed by atoms with E-state index >= 15 is 0 Å². The molecule has 0 saturated carbocycles. The predicted octanol–water partition coefficient (Wildman–Crippen LogP) is 1.21. The number of carbonyl (C=O) groups is 1. The fraction of sp³-hybridized carbons (Fsp3) is 0.231. The molecule has 0 bridgehead atoms. The van der Waals surface area contributed by atoms with Crippen molar-refractivity contribution in [1.82, 2.24) is 15.0 Å². The van der Waals surface area contributed by atoms with E-state index in [4.69, 9.17) is 10.7 Å². The fourth-order valence-electron chi connectivity index (χ4n) is 2.22. The predicted molar refractivity (Wildman–Crippen MR) is 80.8 cm³/mol. The van der Waals surface area contributed by atoms with Crippen molar-refractivity contribution in [2.45, 2.75) is 11.7 Å². The van der Waals surface area contributed by atoms with Gasteiger partial charge in [-0.05, 0) is 18.2 Å². The van der Waals surface area contributed by atoms with E-state index < -0.39 is 14.3 Å². The summed E-state index contributed by atoms with van der Waals surface area (Å²) in [4.78, 5) is 25.5. The van der Waals surface area contributed by atoms with Gasteiger partial charge in [-0.25, -0.2) is 18.4 Å². The molecule has 2 aromatic rings. The summed E-state index contributed by atoms with van der Waals surface area (Å²) in [7, 11) is 1.54. The zero-order chi connectivity index (χ0) is 15.7. The lowest BCUT2D eigenvalue weighted by Crippen LogP contribution is -2.28. The van der Waals surface area contributed by atoms with Crippen LogP contribution in [0.2, 0.25) is 0 Å². The van der Waals surface area contributed by atoms with E-state index in [-0.39, 0.29) is 24.8 Å². The van der Waals surface area contributed by atoms with Crippen LogP contribution in [0.4, 0.5) is 5.95 Å². The van der Waals surface area contributed by atoms with Crippen molar-refractivity contribution in [1.29, 1.82) is 0 Å².